The maximum Gasteiger partial charge on any atom is 0.289 e. The second kappa shape index (κ2) is 4.92. The largest absolute Gasteiger partial charge is 0.346 e. The van der Waals surface area contributed by atoms with Crippen LogP contribution in [0.5, 0.6) is 0 Å². The first-order chi connectivity index (χ1) is 9.66. The smallest absolute Gasteiger partial charge is 0.289 e. The van der Waals surface area contributed by atoms with Crippen molar-refractivity contribution in [2.75, 3.05) is 13.1 Å². The standard InChI is InChI=1S/C15H15N3O2/c1-10(19)15(20)18-7-4-11(5-8-18)13-9-17-14-12(13)3-2-6-16-14/h2-4,6,9H,5,7-8H2,1H3,(H,16,17). The predicted octanol–water partition coefficient (Wildman–Crippen LogP) is 1.77. The Kier molecular flexibility index (Phi) is 3.10. The Labute approximate surface area is 116 Å². The van der Waals surface area contributed by atoms with Crippen molar-refractivity contribution in [2.24, 2.45) is 0 Å². The number of amides is 1. The van der Waals surface area contributed by atoms with E-state index in [1.807, 2.05) is 24.4 Å². The average Bonchev–Trinajstić information content (AvgIpc) is 2.90. The van der Waals surface area contributed by atoms with E-state index < -0.39 is 11.7 Å². The number of rotatable bonds is 2. The summed E-state index contributed by atoms with van der Waals surface area (Å²) in [5.74, 6) is -0.806. The molecular formula is C15H15N3O2. The molecule has 0 atom stereocenters. The Bertz CT molecular complexity index is 715. The molecule has 0 aromatic carbocycles. The summed E-state index contributed by atoms with van der Waals surface area (Å²) in [4.78, 5) is 31.7. The summed E-state index contributed by atoms with van der Waals surface area (Å²) in [7, 11) is 0. The lowest BCUT2D eigenvalue weighted by Crippen LogP contribution is -2.38. The fourth-order valence-electron chi connectivity index (χ4n) is 2.54. The monoisotopic (exact) mass is 269 g/mol. The maximum absolute atomic E-state index is 11.6. The quantitative estimate of drug-likeness (QED) is 0.845. The number of carbonyl (C=O) groups is 2. The van der Waals surface area contributed by atoms with Gasteiger partial charge >= 0.3 is 0 Å². The van der Waals surface area contributed by atoms with Gasteiger partial charge in [0.15, 0.2) is 0 Å². The number of hydrogen-bond acceptors (Lipinski definition) is 3. The van der Waals surface area contributed by atoms with Crippen molar-refractivity contribution >= 4 is 28.3 Å². The highest BCUT2D eigenvalue weighted by molar-refractivity contribution is 6.35. The van der Waals surface area contributed by atoms with Crippen LogP contribution in [-0.2, 0) is 9.59 Å². The Morgan fingerprint density at radius 1 is 1.40 bits per heavy atom. The third-order valence-corrected chi connectivity index (χ3v) is 3.59. The van der Waals surface area contributed by atoms with Gasteiger partial charge in [-0.3, -0.25) is 9.59 Å². The zero-order valence-electron chi connectivity index (χ0n) is 11.2. The molecule has 3 heterocycles. The molecule has 0 aliphatic carbocycles. The van der Waals surface area contributed by atoms with Gasteiger partial charge in [-0.05, 0) is 24.1 Å². The normalized spacial score (nSPS) is 15.2. The molecule has 2 aromatic heterocycles. The number of carbonyl (C=O) groups excluding carboxylic acids is 2. The van der Waals surface area contributed by atoms with Crippen molar-refractivity contribution in [1.29, 1.82) is 0 Å². The molecule has 20 heavy (non-hydrogen) atoms. The van der Waals surface area contributed by atoms with E-state index in [2.05, 4.69) is 9.97 Å². The molecule has 102 valence electrons. The Morgan fingerprint density at radius 3 is 2.95 bits per heavy atom. The van der Waals surface area contributed by atoms with E-state index in [9.17, 15) is 9.59 Å². The lowest BCUT2D eigenvalue weighted by Gasteiger charge is -2.25. The Hall–Kier alpha value is -2.43. The summed E-state index contributed by atoms with van der Waals surface area (Å²) in [5, 5.41) is 1.09. The van der Waals surface area contributed by atoms with Crippen LogP contribution in [0.25, 0.3) is 16.6 Å². The van der Waals surface area contributed by atoms with Crippen molar-refractivity contribution < 1.29 is 9.59 Å². The molecule has 0 saturated carbocycles. The molecule has 0 radical (unpaired) electrons. The number of Topliss-reactive ketones (excluding diaryl/α,β-unsaturated/α-hetero) is 1. The summed E-state index contributed by atoms with van der Waals surface area (Å²) < 4.78 is 0. The number of aromatic amines is 1. The molecule has 0 fully saturated rings. The van der Waals surface area contributed by atoms with Crippen molar-refractivity contribution in [3.63, 3.8) is 0 Å². The van der Waals surface area contributed by atoms with E-state index in [4.69, 9.17) is 0 Å². The van der Waals surface area contributed by atoms with Crippen LogP contribution in [0, 0.1) is 0 Å². The van der Waals surface area contributed by atoms with Gasteiger partial charge in [-0.25, -0.2) is 4.98 Å². The van der Waals surface area contributed by atoms with Crippen molar-refractivity contribution in [1.82, 2.24) is 14.9 Å². The zero-order valence-corrected chi connectivity index (χ0v) is 11.2. The van der Waals surface area contributed by atoms with Crippen LogP contribution in [0.3, 0.4) is 0 Å². The second-order valence-corrected chi connectivity index (χ2v) is 4.89. The SMILES string of the molecule is CC(=O)C(=O)N1CC=C(c2c[nH]c3ncccc23)CC1. The molecule has 3 rings (SSSR count). The minimum absolute atomic E-state index is 0.402. The molecule has 5 heteroatoms. The van der Waals surface area contributed by atoms with E-state index >= 15 is 0 Å². The van der Waals surface area contributed by atoms with Gasteiger partial charge in [-0.1, -0.05) is 6.08 Å². The molecule has 0 bridgehead atoms. The molecule has 1 aliphatic rings. The average molecular weight is 269 g/mol. The molecule has 0 spiro atoms. The molecule has 1 aliphatic heterocycles. The first-order valence-electron chi connectivity index (χ1n) is 6.58. The van der Waals surface area contributed by atoms with Crippen LogP contribution in [0.2, 0.25) is 0 Å². The lowest BCUT2D eigenvalue weighted by atomic mass is 9.99. The summed E-state index contributed by atoms with van der Waals surface area (Å²) >= 11 is 0. The molecule has 1 N–H and O–H groups in total. The van der Waals surface area contributed by atoms with E-state index in [0.29, 0.717) is 13.1 Å². The van der Waals surface area contributed by atoms with Gasteiger partial charge in [0.05, 0.1) is 0 Å². The van der Waals surface area contributed by atoms with Crippen LogP contribution in [0.1, 0.15) is 18.9 Å². The highest BCUT2D eigenvalue weighted by Gasteiger charge is 2.21. The van der Waals surface area contributed by atoms with E-state index in [-0.39, 0.29) is 0 Å². The van der Waals surface area contributed by atoms with Gasteiger partial charge in [-0.15, -0.1) is 0 Å². The van der Waals surface area contributed by atoms with Gasteiger partial charge in [-0.2, -0.15) is 0 Å². The highest BCUT2D eigenvalue weighted by atomic mass is 16.2. The number of H-pyrrole nitrogens is 1. The lowest BCUT2D eigenvalue weighted by molar-refractivity contribution is -0.143. The second-order valence-electron chi connectivity index (χ2n) is 4.89. The van der Waals surface area contributed by atoms with Crippen LogP contribution in [-0.4, -0.2) is 39.6 Å². The molecular weight excluding hydrogens is 254 g/mol. The van der Waals surface area contributed by atoms with Crippen LogP contribution in [0.4, 0.5) is 0 Å². The maximum atomic E-state index is 11.6. The minimum atomic E-state index is -0.404. The number of nitrogens with one attached hydrogen (secondary N) is 1. The molecule has 5 nitrogen and oxygen atoms in total. The Balaban J connectivity index is 1.86. The number of ketones is 1. The zero-order chi connectivity index (χ0) is 14.1. The first-order valence-corrected chi connectivity index (χ1v) is 6.58. The topological polar surface area (TPSA) is 66.1 Å². The third kappa shape index (κ3) is 2.11. The van der Waals surface area contributed by atoms with Gasteiger partial charge < -0.3 is 9.88 Å². The number of hydrogen-bond donors (Lipinski definition) is 1. The van der Waals surface area contributed by atoms with Gasteiger partial charge in [0, 0.05) is 43.4 Å². The van der Waals surface area contributed by atoms with Gasteiger partial charge in [0.2, 0.25) is 5.78 Å². The summed E-state index contributed by atoms with van der Waals surface area (Å²) in [6, 6.07) is 3.94. The minimum Gasteiger partial charge on any atom is -0.346 e. The highest BCUT2D eigenvalue weighted by Crippen LogP contribution is 2.28. The van der Waals surface area contributed by atoms with Gasteiger partial charge in [0.25, 0.3) is 5.91 Å². The van der Waals surface area contributed by atoms with E-state index in [1.165, 1.54) is 12.5 Å². The fraction of sp³-hybridized carbons (Fsp3) is 0.267. The molecule has 0 unspecified atom stereocenters. The number of nitrogens with zero attached hydrogens (tertiary/aromatic N) is 2. The van der Waals surface area contributed by atoms with Crippen LogP contribution in [0.15, 0.2) is 30.6 Å². The van der Waals surface area contributed by atoms with Crippen molar-refractivity contribution in [3.05, 3.63) is 36.2 Å². The van der Waals surface area contributed by atoms with E-state index in [0.717, 1.165) is 23.0 Å². The number of fused-ring (bicyclic) bond motifs is 1. The molecule has 2 aromatic rings. The molecule has 0 saturated heterocycles. The number of aromatic nitrogens is 2. The van der Waals surface area contributed by atoms with Crippen molar-refractivity contribution in [3.8, 4) is 0 Å². The van der Waals surface area contributed by atoms with Crippen LogP contribution < -0.4 is 0 Å². The van der Waals surface area contributed by atoms with Crippen molar-refractivity contribution in [2.45, 2.75) is 13.3 Å². The van der Waals surface area contributed by atoms with Gasteiger partial charge in [0.1, 0.15) is 5.65 Å². The van der Waals surface area contributed by atoms with Crippen LogP contribution >= 0.6 is 0 Å². The van der Waals surface area contributed by atoms with E-state index in [1.54, 1.807) is 11.1 Å². The predicted molar refractivity (Wildman–Crippen MR) is 75.9 cm³/mol. The fourth-order valence-corrected chi connectivity index (χ4v) is 2.54. The third-order valence-electron chi connectivity index (χ3n) is 3.59. The number of pyridine rings is 1. The Morgan fingerprint density at radius 2 is 2.25 bits per heavy atom. The molecule has 1 amide bonds. The summed E-state index contributed by atoms with van der Waals surface area (Å²) in [5.41, 5.74) is 3.19. The summed E-state index contributed by atoms with van der Waals surface area (Å²) in [6.45, 7) is 2.38. The summed E-state index contributed by atoms with van der Waals surface area (Å²) in [6.07, 6.45) is 6.47. The first kappa shape index (κ1) is 12.6.